The number of aromatic nitrogens is 2. The van der Waals surface area contributed by atoms with Gasteiger partial charge in [0.25, 0.3) is 0 Å². The number of ether oxygens (including phenoxy) is 1. The van der Waals surface area contributed by atoms with Gasteiger partial charge in [-0.25, -0.2) is 0 Å². The lowest BCUT2D eigenvalue weighted by molar-refractivity contribution is 0.0800. The van der Waals surface area contributed by atoms with Crippen LogP contribution in [0.4, 0.5) is 0 Å². The van der Waals surface area contributed by atoms with E-state index >= 15 is 0 Å². The van der Waals surface area contributed by atoms with Crippen LogP contribution in [0.15, 0.2) is 18.5 Å². The van der Waals surface area contributed by atoms with Crippen molar-refractivity contribution in [2.45, 2.75) is 38.0 Å². The molecule has 3 rings (SSSR count). The van der Waals surface area contributed by atoms with Gasteiger partial charge in [-0.3, -0.25) is 9.58 Å². The molecule has 1 aliphatic carbocycles. The van der Waals surface area contributed by atoms with Crippen LogP contribution in [0.3, 0.4) is 0 Å². The lowest BCUT2D eigenvalue weighted by Crippen LogP contribution is -2.39. The van der Waals surface area contributed by atoms with Crippen molar-refractivity contribution in [1.82, 2.24) is 14.7 Å². The van der Waals surface area contributed by atoms with E-state index in [9.17, 15) is 5.11 Å². The Hall–Kier alpha value is -0.910. The van der Waals surface area contributed by atoms with E-state index in [-0.39, 0.29) is 6.10 Å². The molecule has 0 amide bonds. The fourth-order valence-corrected chi connectivity index (χ4v) is 2.82. The number of aliphatic hydroxyl groups is 1. The minimum atomic E-state index is -0.345. The molecule has 2 aliphatic rings. The molecule has 0 radical (unpaired) electrons. The Morgan fingerprint density at radius 3 is 2.95 bits per heavy atom. The summed E-state index contributed by atoms with van der Waals surface area (Å²) in [6.45, 7) is 4.19. The summed E-state index contributed by atoms with van der Waals surface area (Å²) in [5, 5.41) is 14.4. The minimum Gasteiger partial charge on any atom is -0.390 e. The van der Waals surface area contributed by atoms with Crippen LogP contribution < -0.4 is 0 Å². The largest absolute Gasteiger partial charge is 0.390 e. The van der Waals surface area contributed by atoms with Crippen molar-refractivity contribution in [3.63, 3.8) is 0 Å². The van der Waals surface area contributed by atoms with Crippen molar-refractivity contribution < 1.29 is 9.84 Å². The van der Waals surface area contributed by atoms with Gasteiger partial charge in [-0.15, -0.1) is 0 Å². The van der Waals surface area contributed by atoms with E-state index < -0.39 is 0 Å². The lowest BCUT2D eigenvalue weighted by Gasteiger charge is -2.27. The van der Waals surface area contributed by atoms with Gasteiger partial charge in [0.2, 0.25) is 0 Å². The second kappa shape index (κ2) is 6.03. The van der Waals surface area contributed by atoms with Crippen LogP contribution in [-0.4, -0.2) is 58.2 Å². The first-order valence-corrected chi connectivity index (χ1v) is 7.28. The molecule has 1 aromatic heterocycles. The quantitative estimate of drug-likeness (QED) is 0.790. The standard InChI is InChI=1S/C14H23N3O2/c18-14(10-17-6-1-5-15-17)9-16(13-2-3-13)8-12-4-7-19-11-12/h1,5-6,12-14,18H,2-4,7-11H2/t12-,14+/m1/s1. The van der Waals surface area contributed by atoms with Gasteiger partial charge in [0.15, 0.2) is 0 Å². The van der Waals surface area contributed by atoms with E-state index in [0.29, 0.717) is 18.5 Å². The topological polar surface area (TPSA) is 50.5 Å². The van der Waals surface area contributed by atoms with E-state index in [4.69, 9.17) is 4.74 Å². The Labute approximate surface area is 114 Å². The molecule has 0 bridgehead atoms. The van der Waals surface area contributed by atoms with E-state index in [0.717, 1.165) is 26.3 Å². The molecule has 0 aromatic carbocycles. The summed E-state index contributed by atoms with van der Waals surface area (Å²) in [6.07, 6.45) is 7.03. The zero-order valence-corrected chi connectivity index (χ0v) is 11.3. The van der Waals surface area contributed by atoms with Gasteiger partial charge in [-0.1, -0.05) is 0 Å². The fraction of sp³-hybridized carbons (Fsp3) is 0.786. The van der Waals surface area contributed by atoms with Gasteiger partial charge < -0.3 is 9.84 Å². The third-order valence-electron chi connectivity index (χ3n) is 3.98. The normalized spacial score (nSPS) is 25.1. The third kappa shape index (κ3) is 3.78. The summed E-state index contributed by atoms with van der Waals surface area (Å²) in [4.78, 5) is 2.45. The Kier molecular flexibility index (Phi) is 4.15. The van der Waals surface area contributed by atoms with Gasteiger partial charge in [-0.05, 0) is 31.2 Å². The van der Waals surface area contributed by atoms with E-state index in [1.807, 2.05) is 12.3 Å². The maximum Gasteiger partial charge on any atom is 0.0862 e. The predicted octanol–water partition coefficient (Wildman–Crippen LogP) is 0.745. The highest BCUT2D eigenvalue weighted by Gasteiger charge is 2.32. The van der Waals surface area contributed by atoms with Crippen molar-refractivity contribution in [1.29, 1.82) is 0 Å². The molecule has 19 heavy (non-hydrogen) atoms. The number of nitrogens with zero attached hydrogens (tertiary/aromatic N) is 3. The van der Waals surface area contributed by atoms with Crippen molar-refractivity contribution in [3.05, 3.63) is 18.5 Å². The first-order valence-electron chi connectivity index (χ1n) is 7.28. The summed E-state index contributed by atoms with van der Waals surface area (Å²) in [5.41, 5.74) is 0. The van der Waals surface area contributed by atoms with Crippen molar-refractivity contribution in [2.24, 2.45) is 5.92 Å². The van der Waals surface area contributed by atoms with Crippen LogP contribution in [0.25, 0.3) is 0 Å². The molecule has 0 unspecified atom stereocenters. The molecule has 2 fully saturated rings. The van der Waals surface area contributed by atoms with Crippen LogP contribution in [0, 0.1) is 5.92 Å². The number of hydrogen-bond acceptors (Lipinski definition) is 4. The third-order valence-corrected chi connectivity index (χ3v) is 3.98. The van der Waals surface area contributed by atoms with Crippen LogP contribution in [0.1, 0.15) is 19.3 Å². The highest BCUT2D eigenvalue weighted by atomic mass is 16.5. The van der Waals surface area contributed by atoms with E-state index in [1.165, 1.54) is 19.3 Å². The second-order valence-corrected chi connectivity index (χ2v) is 5.80. The molecule has 1 aromatic rings. The fourth-order valence-electron chi connectivity index (χ4n) is 2.82. The molecule has 1 aliphatic heterocycles. The zero-order chi connectivity index (χ0) is 13.1. The smallest absolute Gasteiger partial charge is 0.0862 e. The maximum absolute atomic E-state index is 10.2. The Bertz CT molecular complexity index is 372. The average molecular weight is 265 g/mol. The molecule has 0 spiro atoms. The molecule has 1 saturated heterocycles. The molecule has 2 atom stereocenters. The van der Waals surface area contributed by atoms with Gasteiger partial charge in [0.1, 0.15) is 0 Å². The summed E-state index contributed by atoms with van der Waals surface area (Å²) in [5.74, 6) is 0.650. The number of aliphatic hydroxyl groups excluding tert-OH is 1. The van der Waals surface area contributed by atoms with Crippen molar-refractivity contribution >= 4 is 0 Å². The minimum absolute atomic E-state index is 0.345. The SMILES string of the molecule is O[C@@H](CN(C[C@H]1CCOC1)C1CC1)Cn1cccn1. The van der Waals surface area contributed by atoms with Gasteiger partial charge >= 0.3 is 0 Å². The molecular weight excluding hydrogens is 242 g/mol. The van der Waals surface area contributed by atoms with Crippen molar-refractivity contribution in [3.8, 4) is 0 Å². The van der Waals surface area contributed by atoms with Crippen LogP contribution >= 0.6 is 0 Å². The van der Waals surface area contributed by atoms with Gasteiger partial charge in [0.05, 0.1) is 19.3 Å². The maximum atomic E-state index is 10.2. The Balaban J connectivity index is 1.49. The second-order valence-electron chi connectivity index (χ2n) is 5.80. The molecule has 2 heterocycles. The zero-order valence-electron chi connectivity index (χ0n) is 11.3. The summed E-state index contributed by atoms with van der Waals surface area (Å²) >= 11 is 0. The predicted molar refractivity (Wildman–Crippen MR) is 71.8 cm³/mol. The molecule has 106 valence electrons. The summed E-state index contributed by atoms with van der Waals surface area (Å²) in [6, 6.07) is 2.58. The number of rotatable bonds is 7. The highest BCUT2D eigenvalue weighted by Crippen LogP contribution is 2.29. The molecule has 1 N–H and O–H groups in total. The van der Waals surface area contributed by atoms with E-state index in [1.54, 1.807) is 10.9 Å². The Morgan fingerprint density at radius 1 is 1.42 bits per heavy atom. The summed E-state index contributed by atoms with van der Waals surface area (Å²) in [7, 11) is 0. The van der Waals surface area contributed by atoms with E-state index in [2.05, 4.69) is 10.00 Å². The first kappa shape index (κ1) is 13.1. The Morgan fingerprint density at radius 2 is 2.32 bits per heavy atom. The number of hydrogen-bond donors (Lipinski definition) is 1. The van der Waals surface area contributed by atoms with Crippen LogP contribution in [0.5, 0.6) is 0 Å². The average Bonchev–Trinajstić information content (AvgIpc) is 2.87. The first-order chi connectivity index (χ1) is 9.31. The monoisotopic (exact) mass is 265 g/mol. The van der Waals surface area contributed by atoms with Gasteiger partial charge in [-0.2, -0.15) is 5.10 Å². The van der Waals surface area contributed by atoms with Crippen molar-refractivity contribution in [2.75, 3.05) is 26.3 Å². The van der Waals surface area contributed by atoms with Crippen LogP contribution in [-0.2, 0) is 11.3 Å². The summed E-state index contributed by atoms with van der Waals surface area (Å²) < 4.78 is 7.25. The molecule has 5 nitrogen and oxygen atoms in total. The molecular formula is C14H23N3O2. The molecule has 1 saturated carbocycles. The highest BCUT2D eigenvalue weighted by molar-refractivity contribution is 4.88. The van der Waals surface area contributed by atoms with Crippen LogP contribution in [0.2, 0.25) is 0 Å². The molecule has 5 heteroatoms. The lowest BCUT2D eigenvalue weighted by atomic mass is 10.1. The van der Waals surface area contributed by atoms with Gasteiger partial charge in [0, 0.05) is 38.1 Å².